The van der Waals surface area contributed by atoms with Crippen LogP contribution in [0.4, 0.5) is 5.69 Å². The fourth-order valence-corrected chi connectivity index (χ4v) is 5.92. The third kappa shape index (κ3) is 1.59. The molecule has 5 aliphatic rings. The van der Waals surface area contributed by atoms with Crippen LogP contribution in [0, 0.1) is 5.92 Å². The topological polar surface area (TPSA) is 62.4 Å². The van der Waals surface area contributed by atoms with Crippen LogP contribution in [0.2, 0.25) is 0 Å². The Hall–Kier alpha value is -2.70. The molecule has 4 fully saturated rings. The van der Waals surface area contributed by atoms with E-state index in [9.17, 15) is 9.59 Å². The van der Waals surface area contributed by atoms with Crippen molar-refractivity contribution in [3.8, 4) is 0 Å². The van der Waals surface area contributed by atoms with Gasteiger partial charge in [-0.1, -0.05) is 42.5 Å². The Morgan fingerprint density at radius 2 is 1.82 bits per heavy atom. The summed E-state index contributed by atoms with van der Waals surface area (Å²) in [5.74, 6) is -0.248. The number of amides is 2. The minimum atomic E-state index is -0.746. The Morgan fingerprint density at radius 3 is 2.64 bits per heavy atom. The highest BCUT2D eigenvalue weighted by Crippen LogP contribution is 2.65. The number of epoxide rings is 1. The number of ether oxygens (including phenoxy) is 2. The van der Waals surface area contributed by atoms with E-state index in [0.29, 0.717) is 24.2 Å². The Labute approximate surface area is 161 Å². The number of para-hydroxylation sites is 1. The standard InChI is InChI=1S/C22H18N2O4/c25-19-13-8-4-5-9-15(13)24-20(26)14-10-16-17-18(27-17)22(14,28-16)21(24)23(19)11-12-6-2-1-3-7-12/h1-9,14,16-18,21H,10-11H2/t14-,16-,17-,18-,21+,22+/m1/s1. The van der Waals surface area contributed by atoms with Crippen molar-refractivity contribution in [1.82, 2.24) is 4.90 Å². The highest BCUT2D eigenvalue weighted by atomic mass is 16.7. The molecule has 2 bridgehead atoms. The Bertz CT molecular complexity index is 1040. The second-order valence-electron chi connectivity index (χ2n) is 8.34. The van der Waals surface area contributed by atoms with Gasteiger partial charge in [-0.3, -0.25) is 14.5 Å². The van der Waals surface area contributed by atoms with Gasteiger partial charge < -0.3 is 14.4 Å². The lowest BCUT2D eigenvalue weighted by molar-refractivity contribution is -0.123. The number of rotatable bonds is 2. The van der Waals surface area contributed by atoms with Gasteiger partial charge in [-0.25, -0.2) is 0 Å². The van der Waals surface area contributed by atoms with E-state index in [2.05, 4.69) is 0 Å². The summed E-state index contributed by atoms with van der Waals surface area (Å²) in [5, 5.41) is 0. The monoisotopic (exact) mass is 374 g/mol. The summed E-state index contributed by atoms with van der Waals surface area (Å²) in [6.07, 6.45) is 0.186. The number of hydrogen-bond acceptors (Lipinski definition) is 4. The van der Waals surface area contributed by atoms with Crippen LogP contribution in [0.15, 0.2) is 54.6 Å². The molecule has 5 aliphatic heterocycles. The van der Waals surface area contributed by atoms with E-state index in [0.717, 1.165) is 5.56 Å². The summed E-state index contributed by atoms with van der Waals surface area (Å²) in [4.78, 5) is 30.7. The normalized spacial score (nSPS) is 38.9. The zero-order valence-corrected chi connectivity index (χ0v) is 15.0. The van der Waals surface area contributed by atoms with Crippen molar-refractivity contribution < 1.29 is 19.1 Å². The van der Waals surface area contributed by atoms with Crippen molar-refractivity contribution >= 4 is 17.5 Å². The molecule has 0 aliphatic carbocycles. The van der Waals surface area contributed by atoms with Gasteiger partial charge in [-0.2, -0.15) is 0 Å². The number of carbonyl (C=O) groups is 2. The van der Waals surface area contributed by atoms with Gasteiger partial charge in [0.15, 0.2) is 0 Å². The molecule has 0 radical (unpaired) electrons. The molecular formula is C22H18N2O4. The second kappa shape index (κ2) is 4.82. The number of hydrogen-bond donors (Lipinski definition) is 0. The van der Waals surface area contributed by atoms with Crippen molar-refractivity contribution in [1.29, 1.82) is 0 Å². The Balaban J connectivity index is 1.43. The molecule has 6 heteroatoms. The molecule has 6 nitrogen and oxygen atoms in total. The van der Waals surface area contributed by atoms with Gasteiger partial charge in [0.1, 0.15) is 24.0 Å². The fraction of sp³-hybridized carbons (Fsp3) is 0.364. The molecule has 2 amide bonds. The Kier molecular flexibility index (Phi) is 2.63. The quantitative estimate of drug-likeness (QED) is 0.754. The largest absolute Gasteiger partial charge is 0.363 e. The molecule has 2 aromatic carbocycles. The van der Waals surface area contributed by atoms with Crippen molar-refractivity contribution in [2.45, 2.75) is 43.0 Å². The van der Waals surface area contributed by atoms with Gasteiger partial charge in [0, 0.05) is 6.54 Å². The zero-order valence-electron chi connectivity index (χ0n) is 15.0. The molecule has 5 heterocycles. The van der Waals surface area contributed by atoms with Gasteiger partial charge >= 0.3 is 0 Å². The molecule has 0 aromatic heterocycles. The maximum atomic E-state index is 13.5. The Morgan fingerprint density at radius 1 is 1.04 bits per heavy atom. The average Bonchev–Trinajstić information content (AvgIpc) is 3.30. The third-order valence-electron chi connectivity index (χ3n) is 7.03. The number of carbonyl (C=O) groups excluding carboxylic acids is 2. The minimum Gasteiger partial charge on any atom is -0.363 e. The highest BCUT2D eigenvalue weighted by molar-refractivity contribution is 6.11. The van der Waals surface area contributed by atoms with E-state index in [-0.39, 0.29) is 36.0 Å². The maximum absolute atomic E-state index is 13.5. The van der Waals surface area contributed by atoms with Crippen LogP contribution in [0.3, 0.4) is 0 Å². The van der Waals surface area contributed by atoms with Gasteiger partial charge in [0.05, 0.1) is 23.3 Å². The second-order valence-corrected chi connectivity index (χ2v) is 8.34. The molecular weight excluding hydrogens is 356 g/mol. The van der Waals surface area contributed by atoms with Crippen LogP contribution in [-0.2, 0) is 20.8 Å². The molecule has 4 saturated heterocycles. The summed E-state index contributed by atoms with van der Waals surface area (Å²) in [6.45, 7) is 0.433. The molecule has 7 rings (SSSR count). The number of nitrogens with zero attached hydrogens (tertiary/aromatic N) is 2. The lowest BCUT2D eigenvalue weighted by Crippen LogP contribution is -2.63. The predicted octanol–water partition coefficient (Wildman–Crippen LogP) is 1.94. The molecule has 28 heavy (non-hydrogen) atoms. The number of anilines is 1. The molecule has 0 saturated carbocycles. The van der Waals surface area contributed by atoms with E-state index in [1.807, 2.05) is 58.3 Å². The van der Waals surface area contributed by atoms with Crippen LogP contribution in [0.5, 0.6) is 0 Å². The predicted molar refractivity (Wildman–Crippen MR) is 98.4 cm³/mol. The van der Waals surface area contributed by atoms with Gasteiger partial charge in [-0.05, 0) is 24.1 Å². The van der Waals surface area contributed by atoms with E-state index in [1.54, 1.807) is 6.07 Å². The van der Waals surface area contributed by atoms with Crippen molar-refractivity contribution in [3.05, 3.63) is 65.7 Å². The summed E-state index contributed by atoms with van der Waals surface area (Å²) in [7, 11) is 0. The number of benzene rings is 2. The molecule has 6 atom stereocenters. The molecule has 140 valence electrons. The molecule has 1 spiro atoms. The summed E-state index contributed by atoms with van der Waals surface area (Å²) in [5.41, 5.74) is 1.55. The van der Waals surface area contributed by atoms with Crippen LogP contribution in [0.25, 0.3) is 0 Å². The van der Waals surface area contributed by atoms with Crippen molar-refractivity contribution in [3.63, 3.8) is 0 Å². The summed E-state index contributed by atoms with van der Waals surface area (Å²) >= 11 is 0. The average molecular weight is 374 g/mol. The lowest BCUT2D eigenvalue weighted by atomic mass is 9.78. The summed E-state index contributed by atoms with van der Waals surface area (Å²) < 4.78 is 12.4. The van der Waals surface area contributed by atoms with Crippen LogP contribution >= 0.6 is 0 Å². The van der Waals surface area contributed by atoms with E-state index >= 15 is 0 Å². The van der Waals surface area contributed by atoms with Crippen LogP contribution in [0.1, 0.15) is 22.3 Å². The first kappa shape index (κ1) is 15.2. The third-order valence-corrected chi connectivity index (χ3v) is 7.03. The zero-order chi connectivity index (χ0) is 18.6. The first-order valence-corrected chi connectivity index (χ1v) is 9.80. The summed E-state index contributed by atoms with van der Waals surface area (Å²) in [6, 6.07) is 17.3. The van der Waals surface area contributed by atoms with Gasteiger partial charge in [0.2, 0.25) is 5.91 Å². The van der Waals surface area contributed by atoms with E-state index in [4.69, 9.17) is 9.47 Å². The minimum absolute atomic E-state index is 0.0213. The van der Waals surface area contributed by atoms with Crippen molar-refractivity contribution in [2.24, 2.45) is 5.92 Å². The SMILES string of the molecule is O=C1c2ccccc2N2C(=O)[C@H]3C[C@H]4O[C@@]3([C@@H]3O[C@@H]34)[C@H]2N1Cc1ccccc1. The van der Waals surface area contributed by atoms with Crippen LogP contribution < -0.4 is 4.90 Å². The fourth-order valence-electron chi connectivity index (χ4n) is 5.92. The van der Waals surface area contributed by atoms with Crippen molar-refractivity contribution in [2.75, 3.05) is 4.90 Å². The van der Waals surface area contributed by atoms with E-state index in [1.165, 1.54) is 0 Å². The van der Waals surface area contributed by atoms with Gasteiger partial charge in [0.25, 0.3) is 5.91 Å². The maximum Gasteiger partial charge on any atom is 0.258 e. The molecule has 0 unspecified atom stereocenters. The highest BCUT2D eigenvalue weighted by Gasteiger charge is 2.83. The van der Waals surface area contributed by atoms with E-state index < -0.39 is 11.8 Å². The first-order chi connectivity index (χ1) is 13.7. The number of fused-ring (bicyclic) bond motifs is 6. The smallest absolute Gasteiger partial charge is 0.258 e. The molecule has 0 N–H and O–H groups in total. The lowest BCUT2D eigenvalue weighted by Gasteiger charge is -2.45. The first-order valence-electron chi connectivity index (χ1n) is 9.80. The van der Waals surface area contributed by atoms with Gasteiger partial charge in [-0.15, -0.1) is 0 Å². The van der Waals surface area contributed by atoms with Crippen LogP contribution in [-0.4, -0.2) is 46.8 Å². The molecule has 2 aromatic rings.